The van der Waals surface area contributed by atoms with Gasteiger partial charge in [0.05, 0.1) is 6.20 Å². The van der Waals surface area contributed by atoms with E-state index in [9.17, 15) is 4.79 Å². The Kier molecular flexibility index (Phi) is 4.83. The summed E-state index contributed by atoms with van der Waals surface area (Å²) in [4.78, 5) is 13.7. The minimum absolute atomic E-state index is 0.103. The van der Waals surface area contributed by atoms with Gasteiger partial charge in [-0.3, -0.25) is 14.4 Å². The zero-order valence-corrected chi connectivity index (χ0v) is 10.8. The van der Waals surface area contributed by atoms with Gasteiger partial charge >= 0.3 is 0 Å². The number of aliphatic hydroxyl groups is 1. The van der Waals surface area contributed by atoms with Gasteiger partial charge in [-0.25, -0.2) is 0 Å². The number of nitrogens with one attached hydrogen (secondary N) is 1. The molecule has 8 heteroatoms. The minimum atomic E-state index is -0.523. The van der Waals surface area contributed by atoms with Crippen LogP contribution in [-0.4, -0.2) is 63.7 Å². The van der Waals surface area contributed by atoms with Gasteiger partial charge < -0.3 is 16.2 Å². The van der Waals surface area contributed by atoms with Gasteiger partial charge in [0.2, 0.25) is 5.91 Å². The molecule has 1 atom stereocenters. The molecule has 0 radical (unpaired) electrons. The summed E-state index contributed by atoms with van der Waals surface area (Å²) >= 11 is 0. The van der Waals surface area contributed by atoms with Crippen LogP contribution in [0.1, 0.15) is 18.2 Å². The molecule has 1 amide bonds. The van der Waals surface area contributed by atoms with E-state index in [-0.39, 0.29) is 6.61 Å². The van der Waals surface area contributed by atoms with Crippen molar-refractivity contribution >= 4 is 5.91 Å². The van der Waals surface area contributed by atoms with Gasteiger partial charge in [-0.05, 0) is 6.42 Å². The van der Waals surface area contributed by atoms with Crippen LogP contribution >= 0.6 is 0 Å². The second kappa shape index (κ2) is 6.60. The maximum Gasteiger partial charge on any atom is 0.241 e. The Hall–Kier alpha value is -1.51. The smallest absolute Gasteiger partial charge is 0.241 e. The number of primary amides is 1. The van der Waals surface area contributed by atoms with Gasteiger partial charge in [-0.1, -0.05) is 5.21 Å². The molecule has 0 saturated carbocycles. The predicted octanol–water partition coefficient (Wildman–Crippen LogP) is -1.91. The van der Waals surface area contributed by atoms with E-state index >= 15 is 0 Å². The van der Waals surface area contributed by atoms with Crippen LogP contribution in [0.2, 0.25) is 0 Å². The summed E-state index contributed by atoms with van der Waals surface area (Å²) in [6.45, 7) is 3.88. The van der Waals surface area contributed by atoms with Crippen molar-refractivity contribution < 1.29 is 9.90 Å². The maximum absolute atomic E-state index is 11.7. The fourth-order valence-corrected chi connectivity index (χ4v) is 2.23. The molecule has 8 nitrogen and oxygen atoms in total. The molecule has 1 unspecified atom stereocenters. The molecule has 1 aliphatic rings. The Morgan fingerprint density at radius 3 is 2.89 bits per heavy atom. The fraction of sp³-hybridized carbons (Fsp3) is 0.727. The first-order chi connectivity index (χ1) is 9.22. The lowest BCUT2D eigenvalue weighted by molar-refractivity contribution is -0.123. The summed E-state index contributed by atoms with van der Waals surface area (Å²) in [7, 11) is 0. The third kappa shape index (κ3) is 3.49. The van der Waals surface area contributed by atoms with Crippen molar-refractivity contribution in [3.8, 4) is 0 Å². The molecule has 106 valence electrons. The molecule has 0 spiro atoms. The standard InChI is InChI=1S/C11H20N6O2/c12-11(19)10(16-5-2-13-3-6-16)9-8-17(15-14-9)4-1-7-18/h8,10,13,18H,1-7H2,(H2,12,19). The molecular weight excluding hydrogens is 248 g/mol. The lowest BCUT2D eigenvalue weighted by Gasteiger charge is -2.31. The number of aromatic nitrogens is 3. The van der Waals surface area contributed by atoms with Crippen molar-refractivity contribution in [3.63, 3.8) is 0 Å². The molecular formula is C11H20N6O2. The normalized spacial score (nSPS) is 18.4. The third-order valence-corrected chi connectivity index (χ3v) is 3.17. The van der Waals surface area contributed by atoms with Gasteiger partial charge in [0.1, 0.15) is 11.7 Å². The summed E-state index contributed by atoms with van der Waals surface area (Å²) in [5.74, 6) is -0.406. The van der Waals surface area contributed by atoms with Crippen LogP contribution in [0.25, 0.3) is 0 Å². The number of hydrogen-bond acceptors (Lipinski definition) is 6. The lowest BCUT2D eigenvalue weighted by atomic mass is 10.1. The molecule has 1 aliphatic heterocycles. The topological polar surface area (TPSA) is 109 Å². The minimum Gasteiger partial charge on any atom is -0.396 e. The molecule has 2 heterocycles. The number of aryl methyl sites for hydroxylation is 1. The first kappa shape index (κ1) is 13.9. The number of nitrogens with two attached hydrogens (primary N) is 1. The second-order valence-electron chi connectivity index (χ2n) is 4.57. The summed E-state index contributed by atoms with van der Waals surface area (Å²) in [5, 5.41) is 20.0. The van der Waals surface area contributed by atoms with Crippen molar-refractivity contribution in [2.45, 2.75) is 19.0 Å². The highest BCUT2D eigenvalue weighted by molar-refractivity contribution is 5.80. The number of carbonyl (C=O) groups is 1. The molecule has 1 saturated heterocycles. The zero-order valence-electron chi connectivity index (χ0n) is 10.8. The number of amides is 1. The molecule has 2 rings (SSSR count). The van der Waals surface area contributed by atoms with Gasteiger partial charge in [0.25, 0.3) is 0 Å². The van der Waals surface area contributed by atoms with E-state index in [0.29, 0.717) is 18.7 Å². The van der Waals surface area contributed by atoms with Crippen molar-refractivity contribution in [2.75, 3.05) is 32.8 Å². The molecule has 19 heavy (non-hydrogen) atoms. The van der Waals surface area contributed by atoms with E-state index in [1.165, 1.54) is 0 Å². The first-order valence-electron chi connectivity index (χ1n) is 6.47. The third-order valence-electron chi connectivity index (χ3n) is 3.17. The van der Waals surface area contributed by atoms with Gasteiger partial charge in [-0.2, -0.15) is 0 Å². The van der Waals surface area contributed by atoms with Crippen molar-refractivity contribution in [2.24, 2.45) is 5.73 Å². The average molecular weight is 268 g/mol. The SMILES string of the molecule is NC(=O)C(c1cn(CCCO)nn1)N1CCNCC1. The Morgan fingerprint density at radius 2 is 2.26 bits per heavy atom. The summed E-state index contributed by atoms with van der Waals surface area (Å²) < 4.78 is 1.63. The quantitative estimate of drug-likeness (QED) is 0.555. The van der Waals surface area contributed by atoms with E-state index in [4.69, 9.17) is 10.8 Å². The van der Waals surface area contributed by atoms with E-state index in [2.05, 4.69) is 15.6 Å². The molecule has 1 aromatic heterocycles. The molecule has 0 aromatic carbocycles. The number of carbonyl (C=O) groups excluding carboxylic acids is 1. The van der Waals surface area contributed by atoms with Crippen LogP contribution in [0, 0.1) is 0 Å². The van der Waals surface area contributed by atoms with E-state index in [0.717, 1.165) is 26.2 Å². The van der Waals surface area contributed by atoms with Crippen LogP contribution in [0.3, 0.4) is 0 Å². The maximum atomic E-state index is 11.7. The molecule has 4 N–H and O–H groups in total. The van der Waals surface area contributed by atoms with Crippen LogP contribution in [-0.2, 0) is 11.3 Å². The molecule has 0 bridgehead atoms. The number of rotatable bonds is 6. The van der Waals surface area contributed by atoms with Crippen LogP contribution in [0.15, 0.2) is 6.20 Å². The van der Waals surface area contributed by atoms with Crippen molar-refractivity contribution in [1.29, 1.82) is 0 Å². The van der Waals surface area contributed by atoms with Gasteiger partial charge in [0, 0.05) is 39.3 Å². The number of nitrogens with zero attached hydrogens (tertiary/aromatic N) is 4. The summed E-state index contributed by atoms with van der Waals surface area (Å²) in [5.41, 5.74) is 6.07. The van der Waals surface area contributed by atoms with Crippen LogP contribution in [0.5, 0.6) is 0 Å². The predicted molar refractivity (Wildman–Crippen MR) is 68.1 cm³/mol. The zero-order chi connectivity index (χ0) is 13.7. The number of hydrogen-bond donors (Lipinski definition) is 3. The van der Waals surface area contributed by atoms with Gasteiger partial charge in [0.15, 0.2) is 0 Å². The highest BCUT2D eigenvalue weighted by Crippen LogP contribution is 2.18. The highest BCUT2D eigenvalue weighted by atomic mass is 16.3. The number of aliphatic hydroxyl groups excluding tert-OH is 1. The highest BCUT2D eigenvalue weighted by Gasteiger charge is 2.29. The second-order valence-corrected chi connectivity index (χ2v) is 4.57. The van der Waals surface area contributed by atoms with E-state index < -0.39 is 11.9 Å². The van der Waals surface area contributed by atoms with E-state index in [1.54, 1.807) is 10.9 Å². The average Bonchev–Trinajstić information content (AvgIpc) is 2.86. The molecule has 1 aromatic rings. The van der Waals surface area contributed by atoms with Crippen molar-refractivity contribution in [3.05, 3.63) is 11.9 Å². The summed E-state index contributed by atoms with van der Waals surface area (Å²) in [6, 6.07) is -0.523. The summed E-state index contributed by atoms with van der Waals surface area (Å²) in [6.07, 6.45) is 2.34. The monoisotopic (exact) mass is 268 g/mol. The largest absolute Gasteiger partial charge is 0.396 e. The van der Waals surface area contributed by atoms with Crippen LogP contribution < -0.4 is 11.1 Å². The Morgan fingerprint density at radius 1 is 1.53 bits per heavy atom. The molecule has 0 aliphatic carbocycles. The first-order valence-corrected chi connectivity index (χ1v) is 6.47. The van der Waals surface area contributed by atoms with Gasteiger partial charge in [-0.15, -0.1) is 5.10 Å². The Balaban J connectivity index is 2.09. The fourth-order valence-electron chi connectivity index (χ4n) is 2.23. The Bertz CT molecular complexity index is 415. The van der Waals surface area contributed by atoms with E-state index in [1.807, 2.05) is 4.90 Å². The lowest BCUT2D eigenvalue weighted by Crippen LogP contribution is -2.48. The number of piperazine rings is 1. The Labute approximate surface area is 111 Å². The van der Waals surface area contributed by atoms with Crippen molar-refractivity contribution in [1.82, 2.24) is 25.2 Å². The van der Waals surface area contributed by atoms with Crippen LogP contribution in [0.4, 0.5) is 0 Å². The molecule has 1 fully saturated rings.